The van der Waals surface area contributed by atoms with E-state index >= 15 is 0 Å². The molecule has 0 aromatic heterocycles. The quantitative estimate of drug-likeness (QED) is 0.514. The van der Waals surface area contributed by atoms with Gasteiger partial charge in [0.15, 0.2) is 5.78 Å². The van der Waals surface area contributed by atoms with E-state index in [1.807, 2.05) is 0 Å². The molecule has 1 aromatic carbocycles. The zero-order valence-corrected chi connectivity index (χ0v) is 11.9. The summed E-state index contributed by atoms with van der Waals surface area (Å²) in [5, 5.41) is 9.25. The molecule has 0 aliphatic heterocycles. The molecule has 0 amide bonds. The van der Waals surface area contributed by atoms with Crippen LogP contribution in [-0.2, 0) is 11.3 Å². The minimum atomic E-state index is -0.493. The first-order chi connectivity index (χ1) is 8.51. The Bertz CT molecular complexity index is 454. The Morgan fingerprint density at radius 2 is 2.11 bits per heavy atom. The lowest BCUT2D eigenvalue weighted by atomic mass is 10.0. The molecule has 18 heavy (non-hydrogen) atoms. The lowest BCUT2D eigenvalue weighted by Gasteiger charge is -2.09. The first-order valence-electron chi connectivity index (χ1n) is 5.60. The molecule has 1 unspecified atom stereocenters. The molecule has 0 fully saturated rings. The highest BCUT2D eigenvalue weighted by molar-refractivity contribution is 9.10. The Hall–Kier alpha value is -1.20. The van der Waals surface area contributed by atoms with Crippen LogP contribution >= 0.6 is 15.9 Å². The van der Waals surface area contributed by atoms with E-state index in [1.165, 1.54) is 12.1 Å². The third-order valence-corrected chi connectivity index (χ3v) is 2.83. The number of aliphatic hydroxyl groups is 1. The summed E-state index contributed by atoms with van der Waals surface area (Å²) < 4.78 is 4.87. The van der Waals surface area contributed by atoms with E-state index in [0.29, 0.717) is 11.1 Å². The van der Waals surface area contributed by atoms with Gasteiger partial charge in [0.25, 0.3) is 0 Å². The van der Waals surface area contributed by atoms with E-state index in [2.05, 4.69) is 15.9 Å². The normalized spacial score (nSPS) is 12.0. The molecule has 98 valence electrons. The molecule has 5 heteroatoms. The maximum Gasteiger partial charge on any atom is 0.338 e. The molecule has 1 rings (SSSR count). The summed E-state index contributed by atoms with van der Waals surface area (Å²) in [5.74, 6) is -0.590. The second kappa shape index (κ2) is 6.66. The van der Waals surface area contributed by atoms with Crippen molar-refractivity contribution in [2.75, 3.05) is 6.61 Å². The van der Waals surface area contributed by atoms with Gasteiger partial charge in [-0.1, -0.05) is 22.0 Å². The summed E-state index contributed by atoms with van der Waals surface area (Å²) in [4.78, 5) is 23.1. The van der Waals surface area contributed by atoms with Gasteiger partial charge < -0.3 is 9.84 Å². The monoisotopic (exact) mass is 314 g/mol. The number of rotatable bonds is 5. The standard InChI is InChI=1S/C13H15BrO4/c1-3-18-13(17)11-5-4-9(6-10(11)7-15)12(16)8(2)14/h4-6,8,15H,3,7H2,1-2H3. The molecular weight excluding hydrogens is 300 g/mol. The second-order valence-corrected chi connectivity index (χ2v) is 5.10. The fourth-order valence-corrected chi connectivity index (χ4v) is 1.78. The Morgan fingerprint density at radius 3 is 2.61 bits per heavy atom. The molecule has 0 aliphatic rings. The molecule has 0 heterocycles. The Morgan fingerprint density at radius 1 is 1.44 bits per heavy atom. The van der Waals surface area contributed by atoms with Crippen molar-refractivity contribution in [2.45, 2.75) is 25.3 Å². The molecule has 4 nitrogen and oxygen atoms in total. The van der Waals surface area contributed by atoms with Crippen LogP contribution in [0.1, 0.15) is 40.1 Å². The zero-order chi connectivity index (χ0) is 13.7. The van der Waals surface area contributed by atoms with Gasteiger partial charge in [0, 0.05) is 5.56 Å². The molecule has 0 saturated carbocycles. The summed E-state index contributed by atoms with van der Waals surface area (Å²) in [6.45, 7) is 3.38. The summed E-state index contributed by atoms with van der Waals surface area (Å²) >= 11 is 3.19. The molecule has 0 aliphatic carbocycles. The van der Waals surface area contributed by atoms with Crippen LogP contribution in [0, 0.1) is 0 Å². The predicted octanol–water partition coefficient (Wildman–Crippen LogP) is 2.32. The van der Waals surface area contributed by atoms with Gasteiger partial charge in [-0.15, -0.1) is 0 Å². The Balaban J connectivity index is 3.11. The Labute approximate surface area is 114 Å². The van der Waals surface area contributed by atoms with Crippen LogP contribution in [0.15, 0.2) is 18.2 Å². The molecule has 0 saturated heterocycles. The maximum absolute atomic E-state index is 11.8. The number of carbonyl (C=O) groups is 2. The van der Waals surface area contributed by atoms with Crippen LogP contribution in [0.3, 0.4) is 0 Å². The number of halogens is 1. The summed E-state index contributed by atoms with van der Waals surface area (Å²) in [5.41, 5.74) is 1.14. The number of aliphatic hydroxyl groups excluding tert-OH is 1. The number of esters is 1. The van der Waals surface area contributed by atoms with Crippen molar-refractivity contribution < 1.29 is 19.4 Å². The smallest absolute Gasteiger partial charge is 0.338 e. The van der Waals surface area contributed by atoms with Crippen molar-refractivity contribution in [1.82, 2.24) is 0 Å². The van der Waals surface area contributed by atoms with E-state index in [9.17, 15) is 14.7 Å². The molecule has 1 atom stereocenters. The van der Waals surface area contributed by atoms with Crippen LogP contribution in [-0.4, -0.2) is 28.3 Å². The highest BCUT2D eigenvalue weighted by Crippen LogP contribution is 2.17. The third kappa shape index (κ3) is 3.40. The van der Waals surface area contributed by atoms with Crippen LogP contribution in [0.25, 0.3) is 0 Å². The van der Waals surface area contributed by atoms with Gasteiger partial charge in [-0.25, -0.2) is 4.79 Å². The highest BCUT2D eigenvalue weighted by Gasteiger charge is 2.17. The molecule has 0 radical (unpaired) electrons. The number of alkyl halides is 1. The first kappa shape index (κ1) is 14.9. The van der Waals surface area contributed by atoms with E-state index in [-0.39, 0.29) is 29.4 Å². The topological polar surface area (TPSA) is 63.6 Å². The first-order valence-corrected chi connectivity index (χ1v) is 6.52. The van der Waals surface area contributed by atoms with Crippen LogP contribution in [0.2, 0.25) is 0 Å². The van der Waals surface area contributed by atoms with Gasteiger partial charge in [-0.3, -0.25) is 4.79 Å². The van der Waals surface area contributed by atoms with Crippen molar-refractivity contribution in [2.24, 2.45) is 0 Å². The molecular formula is C13H15BrO4. The number of ketones is 1. The van der Waals surface area contributed by atoms with Crippen LogP contribution in [0.4, 0.5) is 0 Å². The third-order valence-electron chi connectivity index (χ3n) is 2.42. The van der Waals surface area contributed by atoms with E-state index in [4.69, 9.17) is 4.74 Å². The number of benzene rings is 1. The molecule has 0 bridgehead atoms. The SMILES string of the molecule is CCOC(=O)c1ccc(C(=O)C(C)Br)cc1CO. The lowest BCUT2D eigenvalue weighted by molar-refractivity contribution is 0.0522. The van der Waals surface area contributed by atoms with Crippen LogP contribution < -0.4 is 0 Å². The van der Waals surface area contributed by atoms with Crippen molar-refractivity contribution in [3.63, 3.8) is 0 Å². The van der Waals surface area contributed by atoms with Gasteiger partial charge in [-0.05, 0) is 31.5 Å². The number of carbonyl (C=O) groups excluding carboxylic acids is 2. The van der Waals surface area contributed by atoms with Gasteiger partial charge in [0.2, 0.25) is 0 Å². The highest BCUT2D eigenvalue weighted by atomic mass is 79.9. The number of Topliss-reactive ketones (excluding diaryl/α,β-unsaturated/α-hetero) is 1. The minimum absolute atomic E-state index is 0.0971. The summed E-state index contributed by atoms with van der Waals surface area (Å²) in [6, 6.07) is 4.59. The van der Waals surface area contributed by atoms with Crippen molar-refractivity contribution >= 4 is 27.7 Å². The van der Waals surface area contributed by atoms with E-state index in [0.717, 1.165) is 0 Å². The van der Waals surface area contributed by atoms with Gasteiger partial charge in [-0.2, -0.15) is 0 Å². The van der Waals surface area contributed by atoms with E-state index in [1.54, 1.807) is 19.9 Å². The lowest BCUT2D eigenvalue weighted by Crippen LogP contribution is -2.13. The van der Waals surface area contributed by atoms with Crippen molar-refractivity contribution in [1.29, 1.82) is 0 Å². The Kier molecular flexibility index (Phi) is 5.50. The average Bonchev–Trinajstić information content (AvgIpc) is 2.37. The van der Waals surface area contributed by atoms with Crippen molar-refractivity contribution in [3.8, 4) is 0 Å². The second-order valence-electron chi connectivity index (χ2n) is 3.73. The molecule has 1 N–H and O–H groups in total. The number of hydrogen-bond donors (Lipinski definition) is 1. The zero-order valence-electron chi connectivity index (χ0n) is 10.3. The van der Waals surface area contributed by atoms with Crippen LogP contribution in [0.5, 0.6) is 0 Å². The maximum atomic E-state index is 11.8. The number of ether oxygens (including phenoxy) is 1. The predicted molar refractivity (Wildman–Crippen MR) is 71.0 cm³/mol. The fraction of sp³-hybridized carbons (Fsp3) is 0.385. The van der Waals surface area contributed by atoms with E-state index < -0.39 is 5.97 Å². The van der Waals surface area contributed by atoms with Gasteiger partial charge in [0.05, 0.1) is 23.6 Å². The summed E-state index contributed by atoms with van der Waals surface area (Å²) in [7, 11) is 0. The van der Waals surface area contributed by atoms with Gasteiger partial charge >= 0.3 is 5.97 Å². The fourth-order valence-electron chi connectivity index (χ4n) is 1.52. The summed E-state index contributed by atoms with van der Waals surface area (Å²) in [6.07, 6.45) is 0. The number of hydrogen-bond acceptors (Lipinski definition) is 4. The van der Waals surface area contributed by atoms with Crippen molar-refractivity contribution in [3.05, 3.63) is 34.9 Å². The molecule has 0 spiro atoms. The average molecular weight is 315 g/mol. The minimum Gasteiger partial charge on any atom is -0.462 e. The molecule has 1 aromatic rings. The largest absolute Gasteiger partial charge is 0.462 e. The van der Waals surface area contributed by atoms with Gasteiger partial charge in [0.1, 0.15) is 0 Å².